The smallest absolute Gasteiger partial charge is 0.363 e. The van der Waals surface area contributed by atoms with Gasteiger partial charge in [-0.25, -0.2) is 4.79 Å². The van der Waals surface area contributed by atoms with Gasteiger partial charge in [0.05, 0.1) is 0 Å². The number of carbonyl (C=O) groups is 1. The summed E-state index contributed by atoms with van der Waals surface area (Å²) in [6.07, 6.45) is 0. The van der Waals surface area contributed by atoms with Gasteiger partial charge in [-0.2, -0.15) is 0 Å². The second-order valence-corrected chi connectivity index (χ2v) is 3.34. The van der Waals surface area contributed by atoms with E-state index in [-0.39, 0.29) is 4.99 Å². The third-order valence-corrected chi connectivity index (χ3v) is 2.28. The summed E-state index contributed by atoms with van der Waals surface area (Å²) < 4.78 is 0. The number of carboxylic acid groups (broad SMARTS) is 1. The van der Waals surface area contributed by atoms with E-state index in [1.165, 1.54) is 4.90 Å². The van der Waals surface area contributed by atoms with Gasteiger partial charge in [-0.1, -0.05) is 42.5 Å². The Balaban J connectivity index is 2.62. The van der Waals surface area contributed by atoms with Crippen molar-refractivity contribution < 1.29 is 9.90 Å². The molecule has 0 aliphatic rings. The van der Waals surface area contributed by atoms with Gasteiger partial charge >= 0.3 is 5.97 Å². The molecule has 0 spiro atoms. The van der Waals surface area contributed by atoms with Crippen LogP contribution in [0.4, 0.5) is 0 Å². The third kappa shape index (κ3) is 2.81. The predicted octanol–water partition coefficient (Wildman–Crippen LogP) is 1.53. The van der Waals surface area contributed by atoms with E-state index in [1.54, 1.807) is 7.05 Å². The van der Waals surface area contributed by atoms with Gasteiger partial charge in [-0.15, -0.1) is 0 Å². The highest BCUT2D eigenvalue weighted by atomic mass is 32.1. The van der Waals surface area contributed by atoms with E-state index < -0.39 is 5.97 Å². The van der Waals surface area contributed by atoms with Crippen LogP contribution in [0.1, 0.15) is 5.56 Å². The van der Waals surface area contributed by atoms with Crippen molar-refractivity contribution in [3.8, 4) is 0 Å². The molecule has 0 amide bonds. The summed E-state index contributed by atoms with van der Waals surface area (Å²) in [5.74, 6) is -1.06. The Kier molecular flexibility index (Phi) is 3.59. The van der Waals surface area contributed by atoms with Crippen molar-refractivity contribution in [2.45, 2.75) is 6.54 Å². The SMILES string of the molecule is CN(Cc1ccccc1)C(=S)C(=O)O. The quantitative estimate of drug-likeness (QED) is 0.750. The molecule has 1 aromatic carbocycles. The molecule has 0 aliphatic carbocycles. The molecule has 1 rings (SSSR count). The van der Waals surface area contributed by atoms with Crippen molar-refractivity contribution in [3.05, 3.63) is 35.9 Å². The van der Waals surface area contributed by atoms with Gasteiger partial charge in [0.2, 0.25) is 0 Å². The molecule has 0 aliphatic heterocycles. The van der Waals surface area contributed by atoms with E-state index in [0.29, 0.717) is 6.54 Å². The molecule has 3 nitrogen and oxygen atoms in total. The van der Waals surface area contributed by atoms with Gasteiger partial charge in [0.1, 0.15) is 0 Å². The molecule has 0 radical (unpaired) electrons. The number of rotatable bonds is 2. The van der Waals surface area contributed by atoms with Crippen molar-refractivity contribution in [3.63, 3.8) is 0 Å². The largest absolute Gasteiger partial charge is 0.476 e. The highest BCUT2D eigenvalue weighted by Gasteiger charge is 2.11. The zero-order chi connectivity index (χ0) is 10.6. The minimum absolute atomic E-state index is 0.0612. The fourth-order valence-corrected chi connectivity index (χ4v) is 1.16. The minimum Gasteiger partial charge on any atom is -0.476 e. The summed E-state index contributed by atoms with van der Waals surface area (Å²) in [5, 5.41) is 8.65. The van der Waals surface area contributed by atoms with Crippen LogP contribution in [0.25, 0.3) is 0 Å². The zero-order valence-corrected chi connectivity index (χ0v) is 8.62. The van der Waals surface area contributed by atoms with Crippen LogP contribution in [-0.4, -0.2) is 28.0 Å². The molecule has 1 aromatic rings. The Bertz CT molecular complexity index is 337. The number of carboxylic acids is 1. The summed E-state index contributed by atoms with van der Waals surface area (Å²) in [6.45, 7) is 0.520. The number of hydrogen-bond donors (Lipinski definition) is 1. The van der Waals surface area contributed by atoms with Crippen molar-refractivity contribution in [2.75, 3.05) is 7.05 Å². The van der Waals surface area contributed by atoms with Crippen LogP contribution in [0.3, 0.4) is 0 Å². The van der Waals surface area contributed by atoms with Gasteiger partial charge in [-0.3, -0.25) is 0 Å². The lowest BCUT2D eigenvalue weighted by Gasteiger charge is -2.16. The lowest BCUT2D eigenvalue weighted by Crippen LogP contribution is -2.30. The van der Waals surface area contributed by atoms with Crippen LogP contribution in [0.15, 0.2) is 30.3 Å². The van der Waals surface area contributed by atoms with Gasteiger partial charge in [0.15, 0.2) is 4.99 Å². The summed E-state index contributed by atoms with van der Waals surface area (Å²) in [6, 6.07) is 9.60. The number of likely N-dealkylation sites (N-methyl/N-ethyl adjacent to an activating group) is 1. The first-order valence-corrected chi connectivity index (χ1v) is 4.54. The lowest BCUT2D eigenvalue weighted by molar-refractivity contribution is -0.129. The standard InChI is InChI=1S/C10H11NO2S/c1-11(9(14)10(12)13)7-8-5-3-2-4-6-8/h2-6H,7H2,1H3,(H,12,13). The van der Waals surface area contributed by atoms with Crippen molar-refractivity contribution >= 4 is 23.2 Å². The first-order valence-electron chi connectivity index (χ1n) is 4.13. The van der Waals surface area contributed by atoms with Crippen molar-refractivity contribution in [1.82, 2.24) is 4.90 Å². The average Bonchev–Trinajstić information content (AvgIpc) is 2.18. The monoisotopic (exact) mass is 209 g/mol. The molecule has 1 N–H and O–H groups in total. The number of nitrogens with zero attached hydrogens (tertiary/aromatic N) is 1. The van der Waals surface area contributed by atoms with Crippen LogP contribution >= 0.6 is 12.2 Å². The van der Waals surface area contributed by atoms with E-state index in [0.717, 1.165) is 5.56 Å². The van der Waals surface area contributed by atoms with Crippen molar-refractivity contribution in [1.29, 1.82) is 0 Å². The average molecular weight is 209 g/mol. The Morgan fingerprint density at radius 1 is 1.43 bits per heavy atom. The van der Waals surface area contributed by atoms with E-state index in [9.17, 15) is 4.79 Å². The van der Waals surface area contributed by atoms with E-state index in [1.807, 2.05) is 30.3 Å². The van der Waals surface area contributed by atoms with Crippen molar-refractivity contribution in [2.24, 2.45) is 0 Å². The fraction of sp³-hybridized carbons (Fsp3) is 0.200. The third-order valence-electron chi connectivity index (χ3n) is 1.79. The zero-order valence-electron chi connectivity index (χ0n) is 7.80. The van der Waals surface area contributed by atoms with E-state index in [2.05, 4.69) is 0 Å². The summed E-state index contributed by atoms with van der Waals surface area (Å²) >= 11 is 4.73. The van der Waals surface area contributed by atoms with E-state index >= 15 is 0 Å². The fourth-order valence-electron chi connectivity index (χ4n) is 1.09. The van der Waals surface area contributed by atoms with Gasteiger partial charge < -0.3 is 10.0 Å². The molecule has 14 heavy (non-hydrogen) atoms. The maximum absolute atomic E-state index is 10.5. The summed E-state index contributed by atoms with van der Waals surface area (Å²) in [4.78, 5) is 12.0. The number of aliphatic carboxylic acids is 1. The normalized spacial score (nSPS) is 9.50. The molecule has 0 atom stereocenters. The molecule has 0 saturated heterocycles. The molecule has 4 heteroatoms. The molecular weight excluding hydrogens is 198 g/mol. The van der Waals surface area contributed by atoms with Crippen LogP contribution in [0.5, 0.6) is 0 Å². The minimum atomic E-state index is -1.06. The maximum Gasteiger partial charge on any atom is 0.363 e. The van der Waals surface area contributed by atoms with Gasteiger partial charge in [0.25, 0.3) is 0 Å². The molecule has 74 valence electrons. The Morgan fingerprint density at radius 2 is 2.00 bits per heavy atom. The summed E-state index contributed by atoms with van der Waals surface area (Å²) in [5.41, 5.74) is 1.04. The number of thiocarbonyl (C=S) groups is 1. The predicted molar refractivity (Wildman–Crippen MR) is 58.1 cm³/mol. The number of benzene rings is 1. The molecule has 0 saturated carbocycles. The van der Waals surface area contributed by atoms with Crippen LogP contribution in [0.2, 0.25) is 0 Å². The second kappa shape index (κ2) is 4.72. The van der Waals surface area contributed by atoms with Crippen LogP contribution in [-0.2, 0) is 11.3 Å². The van der Waals surface area contributed by atoms with Crippen LogP contribution in [0, 0.1) is 0 Å². The number of hydrogen-bond acceptors (Lipinski definition) is 2. The van der Waals surface area contributed by atoms with Gasteiger partial charge in [-0.05, 0) is 5.56 Å². The van der Waals surface area contributed by atoms with Crippen LogP contribution < -0.4 is 0 Å². The molecule has 0 fully saturated rings. The maximum atomic E-state index is 10.5. The summed E-state index contributed by atoms with van der Waals surface area (Å²) in [7, 11) is 1.67. The lowest BCUT2D eigenvalue weighted by atomic mass is 10.2. The first-order chi connectivity index (χ1) is 6.61. The topological polar surface area (TPSA) is 40.5 Å². The highest BCUT2D eigenvalue weighted by Crippen LogP contribution is 2.03. The Morgan fingerprint density at radius 3 is 2.50 bits per heavy atom. The molecule has 0 bridgehead atoms. The van der Waals surface area contributed by atoms with E-state index in [4.69, 9.17) is 17.3 Å². The molecule has 0 unspecified atom stereocenters. The van der Waals surface area contributed by atoms with Gasteiger partial charge in [0, 0.05) is 13.6 Å². The molecule has 0 heterocycles. The Labute approximate surface area is 88.0 Å². The Hall–Kier alpha value is -1.42. The highest BCUT2D eigenvalue weighted by molar-refractivity contribution is 7.81. The molecule has 0 aromatic heterocycles. The second-order valence-electron chi connectivity index (χ2n) is 2.95. The first kappa shape index (κ1) is 10.7. The molecular formula is C10H11NO2S.